The molecule has 6 heteroatoms. The fraction of sp³-hybridized carbons (Fsp3) is 0.333. The molecule has 114 valence electrons. The van der Waals surface area contributed by atoms with Gasteiger partial charge >= 0.3 is 6.18 Å². The molecular formula is C15H16F3NO2. The van der Waals surface area contributed by atoms with E-state index in [4.69, 9.17) is 9.15 Å². The molecule has 1 aromatic heterocycles. The first-order valence-electron chi connectivity index (χ1n) is 6.54. The fourth-order valence-corrected chi connectivity index (χ4v) is 1.90. The van der Waals surface area contributed by atoms with Crippen LogP contribution in [0.3, 0.4) is 0 Å². The zero-order valence-corrected chi connectivity index (χ0v) is 11.5. The predicted molar refractivity (Wildman–Crippen MR) is 72.1 cm³/mol. The number of halogens is 3. The van der Waals surface area contributed by atoms with E-state index in [1.165, 1.54) is 18.2 Å². The number of hydrogen-bond acceptors (Lipinski definition) is 3. The molecule has 1 heterocycles. The van der Waals surface area contributed by atoms with Crippen molar-refractivity contribution < 1.29 is 22.3 Å². The van der Waals surface area contributed by atoms with Crippen molar-refractivity contribution in [1.82, 2.24) is 5.32 Å². The van der Waals surface area contributed by atoms with Crippen LogP contribution in [0.2, 0.25) is 0 Å². The lowest BCUT2D eigenvalue weighted by molar-refractivity contribution is -0.138. The van der Waals surface area contributed by atoms with Gasteiger partial charge in [0.25, 0.3) is 0 Å². The van der Waals surface area contributed by atoms with Crippen LogP contribution in [0, 0.1) is 0 Å². The highest BCUT2D eigenvalue weighted by Gasteiger charge is 2.33. The second kappa shape index (κ2) is 6.67. The molecule has 0 amide bonds. The monoisotopic (exact) mass is 299 g/mol. The van der Waals surface area contributed by atoms with Crippen molar-refractivity contribution in [3.05, 3.63) is 54.0 Å². The lowest BCUT2D eigenvalue weighted by atomic mass is 10.2. The molecule has 2 rings (SSSR count). The molecule has 21 heavy (non-hydrogen) atoms. The Kier molecular flexibility index (Phi) is 4.90. The zero-order chi connectivity index (χ0) is 15.3. The molecule has 1 aromatic carbocycles. The second-order valence-electron chi connectivity index (χ2n) is 4.53. The summed E-state index contributed by atoms with van der Waals surface area (Å²) >= 11 is 0. The van der Waals surface area contributed by atoms with Crippen molar-refractivity contribution in [3.8, 4) is 5.75 Å². The Morgan fingerprint density at radius 3 is 2.62 bits per heavy atom. The summed E-state index contributed by atoms with van der Waals surface area (Å²) in [5.74, 6) is 0.614. The minimum Gasteiger partial charge on any atom is -0.492 e. The van der Waals surface area contributed by atoms with Crippen LogP contribution in [0.4, 0.5) is 13.2 Å². The highest BCUT2D eigenvalue weighted by atomic mass is 19.4. The first kappa shape index (κ1) is 15.4. The summed E-state index contributed by atoms with van der Waals surface area (Å²) in [5.41, 5.74) is -0.760. The van der Waals surface area contributed by atoms with Gasteiger partial charge in [-0.3, -0.25) is 0 Å². The fourth-order valence-electron chi connectivity index (χ4n) is 1.90. The van der Waals surface area contributed by atoms with Gasteiger partial charge in [0, 0.05) is 6.54 Å². The molecule has 0 aliphatic rings. The van der Waals surface area contributed by atoms with Gasteiger partial charge in [-0.25, -0.2) is 0 Å². The third-order valence-electron chi connectivity index (χ3n) is 2.97. The van der Waals surface area contributed by atoms with Crippen LogP contribution in [0.15, 0.2) is 47.1 Å². The van der Waals surface area contributed by atoms with Gasteiger partial charge in [-0.05, 0) is 31.2 Å². The molecule has 0 saturated carbocycles. The van der Waals surface area contributed by atoms with Crippen molar-refractivity contribution in [2.24, 2.45) is 0 Å². The third-order valence-corrected chi connectivity index (χ3v) is 2.97. The SMILES string of the molecule is CC(NCCOc1ccccc1C(F)(F)F)c1ccco1. The summed E-state index contributed by atoms with van der Waals surface area (Å²) < 4.78 is 48.7. The Hall–Kier alpha value is -1.95. The minimum atomic E-state index is -4.41. The topological polar surface area (TPSA) is 34.4 Å². The highest BCUT2D eigenvalue weighted by molar-refractivity contribution is 5.35. The van der Waals surface area contributed by atoms with Gasteiger partial charge in [-0.1, -0.05) is 12.1 Å². The van der Waals surface area contributed by atoms with Gasteiger partial charge in [-0.2, -0.15) is 13.2 Å². The lowest BCUT2D eigenvalue weighted by Crippen LogP contribution is -2.24. The Bertz CT molecular complexity index is 552. The van der Waals surface area contributed by atoms with Crippen molar-refractivity contribution >= 4 is 0 Å². The first-order chi connectivity index (χ1) is 9.98. The second-order valence-corrected chi connectivity index (χ2v) is 4.53. The van der Waals surface area contributed by atoms with Crippen LogP contribution in [0.25, 0.3) is 0 Å². The summed E-state index contributed by atoms with van der Waals surface area (Å²) in [6.45, 7) is 2.45. The third kappa shape index (κ3) is 4.26. The quantitative estimate of drug-likeness (QED) is 0.818. The molecule has 3 nitrogen and oxygen atoms in total. The molecule has 1 N–H and O–H groups in total. The first-order valence-corrected chi connectivity index (χ1v) is 6.54. The van der Waals surface area contributed by atoms with Gasteiger partial charge in [0.05, 0.1) is 17.9 Å². The summed E-state index contributed by atoms with van der Waals surface area (Å²) in [5, 5.41) is 3.11. The molecule has 0 bridgehead atoms. The molecule has 1 unspecified atom stereocenters. The van der Waals surface area contributed by atoms with Crippen LogP contribution in [-0.2, 0) is 6.18 Å². The van der Waals surface area contributed by atoms with Gasteiger partial charge in [0.15, 0.2) is 0 Å². The van der Waals surface area contributed by atoms with Gasteiger partial charge in [0.2, 0.25) is 0 Å². The number of para-hydroxylation sites is 1. The van der Waals surface area contributed by atoms with E-state index in [9.17, 15) is 13.2 Å². The van der Waals surface area contributed by atoms with E-state index in [0.717, 1.165) is 11.8 Å². The van der Waals surface area contributed by atoms with Crippen molar-refractivity contribution in [2.45, 2.75) is 19.1 Å². The van der Waals surface area contributed by atoms with Gasteiger partial charge in [0.1, 0.15) is 18.1 Å². The van der Waals surface area contributed by atoms with E-state index >= 15 is 0 Å². The molecule has 1 atom stereocenters. The highest BCUT2D eigenvalue weighted by Crippen LogP contribution is 2.35. The summed E-state index contributed by atoms with van der Waals surface area (Å²) in [6.07, 6.45) is -2.84. The molecule has 0 saturated heterocycles. The maximum Gasteiger partial charge on any atom is 0.419 e. The number of ether oxygens (including phenoxy) is 1. The predicted octanol–water partition coefficient (Wildman–Crippen LogP) is 4.03. The Morgan fingerprint density at radius 1 is 1.19 bits per heavy atom. The Balaban J connectivity index is 1.84. The van der Waals surface area contributed by atoms with Crippen LogP contribution >= 0.6 is 0 Å². The number of furan rings is 1. The van der Waals surface area contributed by atoms with E-state index in [1.54, 1.807) is 12.3 Å². The molecule has 0 aliphatic heterocycles. The van der Waals surface area contributed by atoms with Gasteiger partial charge < -0.3 is 14.5 Å². The molecule has 0 fully saturated rings. The van der Waals surface area contributed by atoms with Gasteiger partial charge in [-0.15, -0.1) is 0 Å². The average Bonchev–Trinajstić information content (AvgIpc) is 2.97. The number of nitrogens with one attached hydrogen (secondary N) is 1. The van der Waals surface area contributed by atoms with Crippen LogP contribution in [0.5, 0.6) is 5.75 Å². The Morgan fingerprint density at radius 2 is 1.95 bits per heavy atom. The molecule has 2 aromatic rings. The molecule has 0 spiro atoms. The number of hydrogen-bond donors (Lipinski definition) is 1. The van der Waals surface area contributed by atoms with E-state index < -0.39 is 11.7 Å². The number of alkyl halides is 3. The maximum atomic E-state index is 12.8. The summed E-state index contributed by atoms with van der Waals surface area (Å²) in [6, 6.07) is 8.77. The summed E-state index contributed by atoms with van der Waals surface area (Å²) in [7, 11) is 0. The molecule has 0 radical (unpaired) electrons. The van der Waals surface area contributed by atoms with Crippen LogP contribution in [-0.4, -0.2) is 13.2 Å². The van der Waals surface area contributed by atoms with Crippen LogP contribution in [0.1, 0.15) is 24.3 Å². The lowest BCUT2D eigenvalue weighted by Gasteiger charge is -2.15. The maximum absolute atomic E-state index is 12.8. The van der Waals surface area contributed by atoms with Crippen molar-refractivity contribution in [3.63, 3.8) is 0 Å². The van der Waals surface area contributed by atoms with Crippen molar-refractivity contribution in [2.75, 3.05) is 13.2 Å². The average molecular weight is 299 g/mol. The zero-order valence-electron chi connectivity index (χ0n) is 11.5. The van der Waals surface area contributed by atoms with E-state index in [-0.39, 0.29) is 18.4 Å². The van der Waals surface area contributed by atoms with E-state index in [2.05, 4.69) is 5.32 Å². The van der Waals surface area contributed by atoms with E-state index in [1.807, 2.05) is 13.0 Å². The Labute approximate surface area is 120 Å². The standard InChI is InChI=1S/C15H16F3NO2/c1-11(13-7-4-9-20-13)19-8-10-21-14-6-3-2-5-12(14)15(16,17)18/h2-7,9,11,19H,8,10H2,1H3. The molecule has 0 aliphatic carbocycles. The minimum absolute atomic E-state index is 0.0264. The van der Waals surface area contributed by atoms with E-state index in [0.29, 0.717) is 6.54 Å². The smallest absolute Gasteiger partial charge is 0.419 e. The number of benzene rings is 1. The number of rotatable bonds is 6. The molecular weight excluding hydrogens is 283 g/mol. The summed E-state index contributed by atoms with van der Waals surface area (Å²) in [4.78, 5) is 0. The van der Waals surface area contributed by atoms with Crippen LogP contribution < -0.4 is 10.1 Å². The van der Waals surface area contributed by atoms with Crippen molar-refractivity contribution in [1.29, 1.82) is 0 Å². The largest absolute Gasteiger partial charge is 0.492 e. The normalized spacial score (nSPS) is 13.1.